The molecule has 0 heterocycles. The third-order valence-electron chi connectivity index (χ3n) is 2.79. The Kier molecular flexibility index (Phi) is 98.3. The standard InChI is InChI=1S/C6H6.C5H11NO.C4H8O2.C3H7NO.C3H5N.C3H6O2.2C3H8.C2H6O.CH4/c1-2-4-6-5-3-1;1-4-5(7)6(2)3;1-3-4(5)6-2;1-2-3(4)5;1-2-3-4;1-2-3(4)5;2*1-3-2;1-2-3;/h1-6H;4H2,1-3H3;3H2,1-2H3;2H2,1H3,(H2,4,5);2H2,1H3;2H2,1H3,(H,4,5);2*3H2,1-2H3;3H,2H2,1H3;1H4/i;;;;;;;;;1T. The summed E-state index contributed by atoms with van der Waals surface area (Å²) in [6.07, 6.45) is 4.86. The van der Waals surface area contributed by atoms with E-state index in [4.69, 9.17) is 16.8 Å². The van der Waals surface area contributed by atoms with Gasteiger partial charge in [-0.1, -0.05) is 119 Å². The van der Waals surface area contributed by atoms with Crippen molar-refractivity contribution in [3.05, 3.63) is 36.4 Å². The number of carbonyl (C=O) groups excluding carboxylic acids is 3. The zero-order valence-corrected chi connectivity index (χ0v) is 30.0. The highest BCUT2D eigenvalue weighted by molar-refractivity contribution is 5.75. The monoisotopic (exact) mass is 622 g/mol. The van der Waals surface area contributed by atoms with Crippen LogP contribution >= 0.6 is 0 Å². The number of carboxylic acid groups (broad SMARTS) is 1. The number of amides is 2. The van der Waals surface area contributed by atoms with E-state index in [1.807, 2.05) is 56.3 Å². The number of ether oxygens (including phenoxy) is 1. The van der Waals surface area contributed by atoms with Gasteiger partial charge in [-0.05, 0) is 6.92 Å². The number of aliphatic hydroxyl groups is 1. The number of aliphatic hydroxyl groups excluding tert-OH is 1. The van der Waals surface area contributed by atoms with E-state index in [2.05, 4.69) is 38.2 Å². The highest BCUT2D eigenvalue weighted by atomic mass is 16.5. The third-order valence-corrected chi connectivity index (χ3v) is 2.79. The molecule has 0 aliphatic rings. The quantitative estimate of drug-likeness (QED) is 0.290. The number of benzene rings is 1. The van der Waals surface area contributed by atoms with E-state index in [-0.39, 0.29) is 30.8 Å². The molecule has 0 radical (unpaired) electrons. The molecule has 0 aliphatic heterocycles. The first kappa shape index (κ1) is 59.0. The van der Waals surface area contributed by atoms with Crippen LogP contribution in [0.2, 0.25) is 0 Å². The molecule has 1 aromatic carbocycles. The average Bonchev–Trinajstić information content (AvgIpc) is 3.04. The molecule has 1 rings (SSSR count). The third kappa shape index (κ3) is 167. The zero-order chi connectivity index (χ0) is 37.2. The molecule has 0 spiro atoms. The molecular formula is C33H69N3O7. The van der Waals surface area contributed by atoms with Crippen LogP contribution in [0.25, 0.3) is 0 Å². The number of hydrogen-bond donors (Lipinski definition) is 3. The Balaban J connectivity index is -0.0000000451. The molecule has 0 aliphatic carbocycles. The Hall–Kier alpha value is -3.45. The molecule has 0 aromatic heterocycles. The molecule has 0 saturated heterocycles. The van der Waals surface area contributed by atoms with Crippen molar-refractivity contribution in [3.63, 3.8) is 0 Å². The number of hydrogen-bond acceptors (Lipinski definition) is 7. The van der Waals surface area contributed by atoms with Crippen molar-refractivity contribution in [3.8, 4) is 6.07 Å². The van der Waals surface area contributed by atoms with Crippen LogP contribution < -0.4 is 5.73 Å². The van der Waals surface area contributed by atoms with Crippen molar-refractivity contribution in [1.29, 1.82) is 5.26 Å². The van der Waals surface area contributed by atoms with Crippen molar-refractivity contribution < 1.29 is 35.5 Å². The normalized spacial score (nSPS) is 7.16. The predicted molar refractivity (Wildman–Crippen MR) is 182 cm³/mol. The lowest BCUT2D eigenvalue weighted by Crippen LogP contribution is -2.19. The van der Waals surface area contributed by atoms with Gasteiger partial charge in [0.05, 0.1) is 13.2 Å². The van der Waals surface area contributed by atoms with Gasteiger partial charge in [0.25, 0.3) is 0 Å². The van der Waals surface area contributed by atoms with Crippen molar-refractivity contribution in [2.75, 3.05) is 27.8 Å². The van der Waals surface area contributed by atoms with Crippen LogP contribution in [0, 0.1) is 11.3 Å². The molecule has 258 valence electrons. The molecule has 10 heteroatoms. The number of carbonyl (C=O) groups is 4. The van der Waals surface area contributed by atoms with Gasteiger partial charge in [0, 0.05) is 54.2 Å². The van der Waals surface area contributed by atoms with E-state index < -0.39 is 5.97 Å². The summed E-state index contributed by atoms with van der Waals surface area (Å²) in [5.74, 6) is -0.968. The van der Waals surface area contributed by atoms with Crippen LogP contribution in [0.1, 0.15) is 123 Å². The number of nitriles is 1. The summed E-state index contributed by atoms with van der Waals surface area (Å²) in [6, 6.07) is 13.9. The van der Waals surface area contributed by atoms with E-state index in [1.165, 1.54) is 27.4 Å². The summed E-state index contributed by atoms with van der Waals surface area (Å²) < 4.78 is 10.0. The van der Waals surface area contributed by atoms with Gasteiger partial charge in [0.1, 0.15) is 0 Å². The highest BCUT2D eigenvalue weighted by Gasteiger charge is 1.95. The molecule has 0 atom stereocenters. The lowest BCUT2D eigenvalue weighted by Gasteiger charge is -2.05. The second-order valence-corrected chi connectivity index (χ2v) is 7.54. The van der Waals surface area contributed by atoms with Crippen molar-refractivity contribution in [2.24, 2.45) is 5.73 Å². The molecule has 2 amide bonds. The minimum Gasteiger partial charge on any atom is -0.481 e. The SMILES string of the molecule is CCC.CCC.CCC#N.CCC(=O)N(C)C.CCC(=O)O.CCC(=O)OC.CCC(N)=O.CCO.[3H]C.c1ccccc1. The van der Waals surface area contributed by atoms with Crippen molar-refractivity contribution in [1.82, 2.24) is 4.90 Å². The maximum Gasteiger partial charge on any atom is 0.305 e. The molecule has 0 unspecified atom stereocenters. The van der Waals surface area contributed by atoms with Gasteiger partial charge in [-0.3, -0.25) is 19.2 Å². The number of methoxy groups -OCH3 is 1. The average molecular weight is 622 g/mol. The van der Waals surface area contributed by atoms with Gasteiger partial charge in [0.15, 0.2) is 0 Å². The molecule has 0 saturated carbocycles. The number of aliphatic carboxylic acids is 1. The Morgan fingerprint density at radius 3 is 1.05 bits per heavy atom. The lowest BCUT2D eigenvalue weighted by molar-refractivity contribution is -0.140. The van der Waals surface area contributed by atoms with Crippen LogP contribution in [0.4, 0.5) is 0 Å². The smallest absolute Gasteiger partial charge is 0.305 e. The first-order valence-electron chi connectivity index (χ1n) is 15.4. The maximum atomic E-state index is 10.4. The Labute approximate surface area is 267 Å². The van der Waals surface area contributed by atoms with E-state index in [0.717, 1.165) is 0 Å². The summed E-state index contributed by atoms with van der Waals surface area (Å²) in [7, 11) is 6.14. The van der Waals surface area contributed by atoms with E-state index in [1.54, 1.807) is 46.7 Å². The summed E-state index contributed by atoms with van der Waals surface area (Å²) in [5.41, 5.74) is 4.65. The van der Waals surface area contributed by atoms with Gasteiger partial charge in [-0.25, -0.2) is 0 Å². The molecule has 10 nitrogen and oxygen atoms in total. The molecule has 0 fully saturated rings. The number of esters is 1. The summed E-state index contributed by atoms with van der Waals surface area (Å²) in [5, 5.41) is 22.9. The number of rotatable bonds is 4. The zero-order valence-electron chi connectivity index (χ0n) is 31.0. The summed E-state index contributed by atoms with van der Waals surface area (Å²) in [4.78, 5) is 40.9. The largest absolute Gasteiger partial charge is 0.481 e. The molecule has 1 aromatic rings. The van der Waals surface area contributed by atoms with Gasteiger partial charge >= 0.3 is 11.9 Å². The first-order valence-corrected chi connectivity index (χ1v) is 14.4. The van der Waals surface area contributed by atoms with Crippen molar-refractivity contribution >= 4 is 23.8 Å². The second kappa shape index (κ2) is 71.6. The molecule has 43 heavy (non-hydrogen) atoms. The van der Waals surface area contributed by atoms with E-state index >= 15 is 0 Å². The summed E-state index contributed by atoms with van der Waals surface area (Å²) >= 11 is 0. The van der Waals surface area contributed by atoms with Gasteiger partial charge in [0.2, 0.25) is 11.8 Å². The summed E-state index contributed by atoms with van der Waals surface area (Å²) in [6.45, 7) is 19.2. The Morgan fingerprint density at radius 2 is 1.02 bits per heavy atom. The van der Waals surface area contributed by atoms with Crippen LogP contribution in [0.15, 0.2) is 36.4 Å². The topological polar surface area (TPSA) is 171 Å². The minimum absolute atomic E-state index is 0.157. The maximum absolute atomic E-state index is 10.4. The molecular weight excluding hydrogens is 550 g/mol. The van der Waals surface area contributed by atoms with Crippen LogP contribution in [0.5, 0.6) is 0 Å². The van der Waals surface area contributed by atoms with Crippen LogP contribution in [-0.4, -0.2) is 66.7 Å². The Morgan fingerprint density at radius 1 is 0.791 bits per heavy atom. The second-order valence-electron chi connectivity index (χ2n) is 7.54. The fourth-order valence-electron chi connectivity index (χ4n) is 0.845. The molecule has 4 N–H and O–H groups in total. The number of nitrogens with two attached hydrogens (primary N) is 1. The highest BCUT2D eigenvalue weighted by Crippen LogP contribution is 1.81. The van der Waals surface area contributed by atoms with E-state index in [0.29, 0.717) is 25.7 Å². The fourth-order valence-corrected chi connectivity index (χ4v) is 0.845. The van der Waals surface area contributed by atoms with Crippen molar-refractivity contribution in [2.45, 2.75) is 122 Å². The van der Waals surface area contributed by atoms with E-state index in [9.17, 15) is 19.2 Å². The van der Waals surface area contributed by atoms with Gasteiger partial charge in [-0.2, -0.15) is 5.26 Å². The first-order chi connectivity index (χ1) is 20.7. The fraction of sp³-hybridized carbons (Fsp3) is 0.667. The minimum atomic E-state index is -0.745. The molecule has 0 bridgehead atoms. The van der Waals surface area contributed by atoms with Crippen LogP contribution in [-0.2, 0) is 23.9 Å². The predicted octanol–water partition coefficient (Wildman–Crippen LogP) is 7.49. The Bertz CT molecular complexity index is 620. The van der Waals surface area contributed by atoms with Gasteiger partial charge in [-0.15, -0.1) is 0 Å². The lowest BCUT2D eigenvalue weighted by atomic mass is 10.4. The van der Waals surface area contributed by atoms with Crippen LogP contribution in [0.3, 0.4) is 0 Å². The number of nitrogens with zero attached hydrogens (tertiary/aromatic N) is 2. The number of carboxylic acids is 1. The van der Waals surface area contributed by atoms with Gasteiger partial charge < -0.3 is 25.6 Å². The number of primary amides is 1.